The molecule has 6 nitrogen and oxygen atoms in total. The van der Waals surface area contributed by atoms with Crippen LogP contribution in [0.1, 0.15) is 34.1 Å². The number of carbonyl (C=O) groups is 1. The second-order valence-corrected chi connectivity index (χ2v) is 6.57. The predicted octanol–water partition coefficient (Wildman–Crippen LogP) is 3.26. The molecule has 3 rings (SSSR count). The Morgan fingerprint density at radius 1 is 1.27 bits per heavy atom. The number of aryl methyl sites for hydroxylation is 1. The number of aromatic amines is 1. The Balaban J connectivity index is 1.87. The third kappa shape index (κ3) is 3.32. The smallest absolute Gasteiger partial charge is 0.251 e. The summed E-state index contributed by atoms with van der Waals surface area (Å²) >= 11 is 6.14. The number of fused-ring (bicyclic) bond motifs is 1. The number of rotatable bonds is 5. The van der Waals surface area contributed by atoms with E-state index in [4.69, 9.17) is 11.6 Å². The summed E-state index contributed by atoms with van der Waals surface area (Å²) in [7, 11) is 0. The molecule has 0 aliphatic rings. The molecule has 0 saturated heterocycles. The molecular weight excluding hydrogens is 352 g/mol. The Labute approximate surface area is 156 Å². The number of pyridine rings is 1. The van der Waals surface area contributed by atoms with Gasteiger partial charge in [-0.15, -0.1) is 0 Å². The summed E-state index contributed by atoms with van der Waals surface area (Å²) in [5.74, 6) is -0.264. The minimum Gasteiger partial charge on any atom is -0.385 e. The van der Waals surface area contributed by atoms with E-state index in [1.165, 1.54) is 0 Å². The van der Waals surface area contributed by atoms with Gasteiger partial charge in [-0.25, -0.2) is 0 Å². The molecule has 3 aromatic rings. The molecule has 0 aliphatic heterocycles. The minimum absolute atomic E-state index is 0.0986. The molecule has 2 aromatic heterocycles. The monoisotopic (exact) mass is 372 g/mol. The number of halogens is 1. The molecule has 0 fully saturated rings. The maximum atomic E-state index is 12.7. The van der Waals surface area contributed by atoms with Crippen LogP contribution in [0.25, 0.3) is 5.52 Å². The van der Waals surface area contributed by atoms with Crippen molar-refractivity contribution in [3.8, 4) is 0 Å². The van der Waals surface area contributed by atoms with Crippen molar-refractivity contribution in [2.24, 2.45) is 0 Å². The average molecular weight is 373 g/mol. The zero-order chi connectivity index (χ0) is 18.8. The SMILES string of the molecule is CCNc1cc(Cl)cc(C(=O)NCc2c(C)n3[nH]ccc3cc2=O)c1C. The van der Waals surface area contributed by atoms with Crippen LogP contribution in [-0.2, 0) is 6.54 Å². The number of hydrogen-bond acceptors (Lipinski definition) is 3. The largest absolute Gasteiger partial charge is 0.385 e. The number of hydrogen-bond donors (Lipinski definition) is 3. The van der Waals surface area contributed by atoms with Crippen molar-refractivity contribution in [1.82, 2.24) is 14.9 Å². The number of H-pyrrole nitrogens is 1. The van der Waals surface area contributed by atoms with Crippen molar-refractivity contribution in [2.75, 3.05) is 11.9 Å². The third-order valence-corrected chi connectivity index (χ3v) is 4.69. The molecule has 136 valence electrons. The number of benzene rings is 1. The van der Waals surface area contributed by atoms with Gasteiger partial charge in [0.1, 0.15) is 0 Å². The van der Waals surface area contributed by atoms with E-state index in [-0.39, 0.29) is 17.9 Å². The maximum absolute atomic E-state index is 12.7. The van der Waals surface area contributed by atoms with Gasteiger partial charge in [0.15, 0.2) is 5.43 Å². The minimum atomic E-state index is -0.264. The molecule has 0 saturated carbocycles. The van der Waals surface area contributed by atoms with Gasteiger partial charge >= 0.3 is 0 Å². The lowest BCUT2D eigenvalue weighted by Gasteiger charge is -2.14. The van der Waals surface area contributed by atoms with Crippen LogP contribution in [0.5, 0.6) is 0 Å². The van der Waals surface area contributed by atoms with E-state index < -0.39 is 0 Å². The van der Waals surface area contributed by atoms with Crippen molar-refractivity contribution >= 4 is 28.7 Å². The molecule has 0 unspecified atom stereocenters. The fourth-order valence-electron chi connectivity index (χ4n) is 3.05. The van der Waals surface area contributed by atoms with Gasteiger partial charge in [0, 0.05) is 52.9 Å². The second kappa shape index (κ2) is 7.25. The van der Waals surface area contributed by atoms with Gasteiger partial charge in [0.05, 0.1) is 5.52 Å². The summed E-state index contributed by atoms with van der Waals surface area (Å²) in [5.41, 5.74) is 4.16. The number of nitrogens with zero attached hydrogens (tertiary/aromatic N) is 1. The van der Waals surface area contributed by atoms with Gasteiger partial charge < -0.3 is 15.7 Å². The van der Waals surface area contributed by atoms with E-state index in [0.717, 1.165) is 29.0 Å². The van der Waals surface area contributed by atoms with Gasteiger partial charge in [0.2, 0.25) is 0 Å². The molecule has 0 aliphatic carbocycles. The highest BCUT2D eigenvalue weighted by Gasteiger charge is 2.15. The normalized spacial score (nSPS) is 10.9. The third-order valence-electron chi connectivity index (χ3n) is 4.47. The zero-order valence-electron chi connectivity index (χ0n) is 14.9. The van der Waals surface area contributed by atoms with Gasteiger partial charge in [-0.3, -0.25) is 14.1 Å². The van der Waals surface area contributed by atoms with Crippen LogP contribution >= 0.6 is 11.6 Å². The molecule has 0 bridgehead atoms. The molecule has 26 heavy (non-hydrogen) atoms. The van der Waals surface area contributed by atoms with Crippen LogP contribution in [0.3, 0.4) is 0 Å². The van der Waals surface area contributed by atoms with Crippen LogP contribution in [-0.4, -0.2) is 22.1 Å². The summed E-state index contributed by atoms with van der Waals surface area (Å²) in [6, 6.07) is 6.82. The Kier molecular flexibility index (Phi) is 5.04. The van der Waals surface area contributed by atoms with Crippen LogP contribution in [0.2, 0.25) is 5.02 Å². The number of nitrogens with one attached hydrogen (secondary N) is 3. The van der Waals surface area contributed by atoms with E-state index in [2.05, 4.69) is 15.7 Å². The van der Waals surface area contributed by atoms with E-state index in [0.29, 0.717) is 16.1 Å². The molecule has 0 spiro atoms. The lowest BCUT2D eigenvalue weighted by atomic mass is 10.1. The maximum Gasteiger partial charge on any atom is 0.251 e. The van der Waals surface area contributed by atoms with E-state index >= 15 is 0 Å². The average Bonchev–Trinajstić information content (AvgIpc) is 3.06. The molecule has 0 atom stereocenters. The van der Waals surface area contributed by atoms with Gasteiger partial charge in [-0.05, 0) is 44.5 Å². The predicted molar refractivity (Wildman–Crippen MR) is 104 cm³/mol. The first-order chi connectivity index (χ1) is 12.4. The Hall–Kier alpha value is -2.73. The van der Waals surface area contributed by atoms with Crippen LogP contribution in [0.4, 0.5) is 5.69 Å². The fraction of sp³-hybridized carbons (Fsp3) is 0.263. The molecular formula is C19H21ClN4O2. The lowest BCUT2D eigenvalue weighted by Crippen LogP contribution is -2.28. The quantitative estimate of drug-likeness (QED) is 0.643. The standard InChI is InChI=1S/C19H21ClN4O2/c1-4-21-17-8-13(20)7-15(11(17)2)19(26)22-10-16-12(3)24-14(5-6-23-24)9-18(16)25/h5-9,21,23H,4,10H2,1-3H3,(H,22,26). The van der Waals surface area contributed by atoms with Crippen molar-refractivity contribution in [3.63, 3.8) is 0 Å². The van der Waals surface area contributed by atoms with Crippen molar-refractivity contribution in [1.29, 1.82) is 0 Å². The fourth-order valence-corrected chi connectivity index (χ4v) is 3.27. The highest BCUT2D eigenvalue weighted by Crippen LogP contribution is 2.25. The number of amides is 1. The molecule has 1 amide bonds. The summed E-state index contributed by atoms with van der Waals surface area (Å²) < 4.78 is 1.82. The van der Waals surface area contributed by atoms with Crippen LogP contribution in [0, 0.1) is 13.8 Å². The first-order valence-electron chi connectivity index (χ1n) is 8.43. The van der Waals surface area contributed by atoms with Crippen molar-refractivity contribution < 1.29 is 4.79 Å². The molecule has 2 heterocycles. The molecule has 3 N–H and O–H groups in total. The van der Waals surface area contributed by atoms with Crippen LogP contribution < -0.4 is 16.1 Å². The number of anilines is 1. The summed E-state index contributed by atoms with van der Waals surface area (Å²) in [6.45, 7) is 6.57. The first-order valence-corrected chi connectivity index (χ1v) is 8.81. The van der Waals surface area contributed by atoms with Gasteiger partial charge in [-0.1, -0.05) is 11.6 Å². The zero-order valence-corrected chi connectivity index (χ0v) is 15.7. The van der Waals surface area contributed by atoms with Crippen molar-refractivity contribution in [3.05, 3.63) is 68.1 Å². The summed E-state index contributed by atoms with van der Waals surface area (Å²) in [5, 5.41) is 9.58. The Morgan fingerprint density at radius 2 is 2.04 bits per heavy atom. The number of carbonyl (C=O) groups excluding carboxylic acids is 1. The summed E-state index contributed by atoms with van der Waals surface area (Å²) in [6.07, 6.45) is 1.77. The first kappa shape index (κ1) is 18.1. The molecule has 7 heteroatoms. The summed E-state index contributed by atoms with van der Waals surface area (Å²) in [4.78, 5) is 25.0. The van der Waals surface area contributed by atoms with E-state index in [1.807, 2.05) is 31.4 Å². The molecule has 1 aromatic carbocycles. The van der Waals surface area contributed by atoms with Gasteiger partial charge in [0.25, 0.3) is 5.91 Å². The Morgan fingerprint density at radius 3 is 2.77 bits per heavy atom. The van der Waals surface area contributed by atoms with Crippen molar-refractivity contribution in [2.45, 2.75) is 27.3 Å². The lowest BCUT2D eigenvalue weighted by molar-refractivity contribution is 0.0950. The highest BCUT2D eigenvalue weighted by molar-refractivity contribution is 6.31. The van der Waals surface area contributed by atoms with E-state index in [1.54, 1.807) is 24.4 Å². The van der Waals surface area contributed by atoms with Crippen LogP contribution in [0.15, 0.2) is 35.3 Å². The Bertz CT molecular complexity index is 1040. The number of aromatic nitrogens is 2. The van der Waals surface area contributed by atoms with Gasteiger partial charge in [-0.2, -0.15) is 0 Å². The topological polar surface area (TPSA) is 78.4 Å². The van der Waals surface area contributed by atoms with E-state index in [9.17, 15) is 9.59 Å². The second-order valence-electron chi connectivity index (χ2n) is 6.13. The highest BCUT2D eigenvalue weighted by atomic mass is 35.5. The molecule has 0 radical (unpaired) electrons.